The molecule has 0 aliphatic heterocycles. The second-order valence-corrected chi connectivity index (χ2v) is 2.70. The predicted molar refractivity (Wildman–Crippen MR) is 41.7 cm³/mol. The summed E-state index contributed by atoms with van der Waals surface area (Å²) >= 11 is 0. The van der Waals surface area contributed by atoms with E-state index >= 15 is 0 Å². The maximum absolute atomic E-state index is 9.53. The molecule has 0 aromatic heterocycles. The molecular formula is C8H12N2O2. The quantitative estimate of drug-likeness (QED) is 0.618. The first-order valence-electron chi connectivity index (χ1n) is 3.75. The number of aliphatic hydroxyl groups excluding tert-OH is 1. The number of hydrogen-bond donors (Lipinski definition) is 2. The summed E-state index contributed by atoms with van der Waals surface area (Å²) in [5.74, 6) is 0. The summed E-state index contributed by atoms with van der Waals surface area (Å²) in [6, 6.07) is 3.76. The Morgan fingerprint density at radius 1 is 1.08 bits per heavy atom. The van der Waals surface area contributed by atoms with Gasteiger partial charge in [0.25, 0.3) is 0 Å². The zero-order valence-corrected chi connectivity index (χ0v) is 6.82. The van der Waals surface area contributed by atoms with Crippen LogP contribution < -0.4 is 0 Å². The van der Waals surface area contributed by atoms with Crippen LogP contribution in [0.15, 0.2) is 0 Å². The van der Waals surface area contributed by atoms with E-state index in [1.807, 2.05) is 12.1 Å². The van der Waals surface area contributed by atoms with Crippen molar-refractivity contribution in [2.75, 3.05) is 6.61 Å². The fraction of sp³-hybridized carbons (Fsp3) is 0.750. The molecule has 0 aliphatic rings. The van der Waals surface area contributed by atoms with Crippen molar-refractivity contribution in [3.63, 3.8) is 0 Å². The monoisotopic (exact) mass is 168 g/mol. The Labute approximate surface area is 71.7 Å². The van der Waals surface area contributed by atoms with Gasteiger partial charge in [-0.05, 0) is 12.8 Å². The minimum absolute atomic E-state index is 0.197. The molecule has 4 nitrogen and oxygen atoms in total. The van der Waals surface area contributed by atoms with Gasteiger partial charge in [0.15, 0.2) is 0 Å². The molecule has 0 amide bonds. The molecule has 12 heavy (non-hydrogen) atoms. The average molecular weight is 168 g/mol. The SMILES string of the molecule is N#CCCC(O)(CO)CCC#N. The van der Waals surface area contributed by atoms with E-state index in [0.29, 0.717) is 0 Å². The molecule has 0 saturated heterocycles. The van der Waals surface area contributed by atoms with E-state index < -0.39 is 12.2 Å². The third-order valence-electron chi connectivity index (χ3n) is 1.70. The largest absolute Gasteiger partial charge is 0.393 e. The number of nitrogens with zero attached hydrogens (tertiary/aromatic N) is 2. The lowest BCUT2D eigenvalue weighted by molar-refractivity contribution is -0.0257. The van der Waals surface area contributed by atoms with Gasteiger partial charge in [0.2, 0.25) is 0 Å². The molecule has 0 heterocycles. The minimum atomic E-state index is -1.24. The van der Waals surface area contributed by atoms with Crippen molar-refractivity contribution < 1.29 is 10.2 Å². The van der Waals surface area contributed by atoms with Crippen LogP contribution in [0, 0.1) is 22.7 Å². The van der Waals surface area contributed by atoms with E-state index in [-0.39, 0.29) is 25.7 Å². The molecule has 0 saturated carbocycles. The molecule has 0 radical (unpaired) electrons. The lowest BCUT2D eigenvalue weighted by atomic mass is 9.94. The van der Waals surface area contributed by atoms with Gasteiger partial charge in [0, 0.05) is 12.8 Å². The van der Waals surface area contributed by atoms with Crippen LogP contribution in [0.1, 0.15) is 25.7 Å². The van der Waals surface area contributed by atoms with Crippen molar-refractivity contribution in [3.8, 4) is 12.1 Å². The third-order valence-corrected chi connectivity index (χ3v) is 1.70. The highest BCUT2D eigenvalue weighted by atomic mass is 16.3. The van der Waals surface area contributed by atoms with Gasteiger partial charge in [0.05, 0.1) is 24.3 Å². The molecule has 0 rings (SSSR count). The van der Waals surface area contributed by atoms with Crippen molar-refractivity contribution in [2.45, 2.75) is 31.3 Å². The standard InChI is InChI=1S/C8H12N2O2/c9-5-1-3-8(12,7-11)4-2-6-10/h11-12H,1-4,7H2. The maximum atomic E-state index is 9.53. The van der Waals surface area contributed by atoms with Gasteiger partial charge in [-0.15, -0.1) is 0 Å². The highest BCUT2D eigenvalue weighted by Gasteiger charge is 2.24. The summed E-state index contributed by atoms with van der Waals surface area (Å²) in [6.07, 6.45) is 0.842. The van der Waals surface area contributed by atoms with E-state index in [4.69, 9.17) is 15.6 Å². The van der Waals surface area contributed by atoms with Crippen molar-refractivity contribution in [1.82, 2.24) is 0 Å². The summed E-state index contributed by atoms with van der Waals surface area (Å²) in [5, 5.41) is 34.8. The normalized spacial score (nSPS) is 10.3. The van der Waals surface area contributed by atoms with Crippen LogP contribution in [0.3, 0.4) is 0 Å². The second-order valence-electron chi connectivity index (χ2n) is 2.70. The van der Waals surface area contributed by atoms with Gasteiger partial charge in [-0.25, -0.2) is 0 Å². The summed E-state index contributed by atoms with van der Waals surface area (Å²) in [7, 11) is 0. The van der Waals surface area contributed by atoms with Crippen LogP contribution >= 0.6 is 0 Å². The number of rotatable bonds is 5. The van der Waals surface area contributed by atoms with Crippen LogP contribution in [0.25, 0.3) is 0 Å². The molecular weight excluding hydrogens is 156 g/mol. The Bertz CT molecular complexity index is 184. The number of nitriles is 2. The van der Waals surface area contributed by atoms with Crippen molar-refractivity contribution in [3.05, 3.63) is 0 Å². The van der Waals surface area contributed by atoms with Gasteiger partial charge in [-0.2, -0.15) is 10.5 Å². The Morgan fingerprint density at radius 2 is 1.50 bits per heavy atom. The zero-order valence-electron chi connectivity index (χ0n) is 6.82. The average Bonchev–Trinajstić information content (AvgIpc) is 2.11. The van der Waals surface area contributed by atoms with Crippen LogP contribution in [0.4, 0.5) is 0 Å². The molecule has 4 heteroatoms. The second kappa shape index (κ2) is 5.54. The predicted octanol–water partition coefficient (Wildman–Crippen LogP) is 0.317. The smallest absolute Gasteiger partial charge is 0.0897 e. The van der Waals surface area contributed by atoms with E-state index in [9.17, 15) is 5.11 Å². The van der Waals surface area contributed by atoms with Gasteiger partial charge < -0.3 is 10.2 Å². The third kappa shape index (κ3) is 3.92. The van der Waals surface area contributed by atoms with Crippen LogP contribution in [-0.2, 0) is 0 Å². The maximum Gasteiger partial charge on any atom is 0.0897 e. The molecule has 0 spiro atoms. The fourth-order valence-electron chi connectivity index (χ4n) is 0.860. The Hall–Kier alpha value is -1.10. The number of aliphatic hydroxyl groups is 2. The van der Waals surface area contributed by atoms with Crippen LogP contribution in [-0.4, -0.2) is 22.4 Å². The van der Waals surface area contributed by atoms with Gasteiger partial charge in [0.1, 0.15) is 0 Å². The first-order valence-corrected chi connectivity index (χ1v) is 3.75. The van der Waals surface area contributed by atoms with E-state index in [1.165, 1.54) is 0 Å². The van der Waals surface area contributed by atoms with Crippen molar-refractivity contribution in [2.24, 2.45) is 0 Å². The fourth-order valence-corrected chi connectivity index (χ4v) is 0.860. The highest BCUT2D eigenvalue weighted by molar-refractivity contribution is 4.86. The zero-order chi connectivity index (χ0) is 9.45. The molecule has 66 valence electrons. The van der Waals surface area contributed by atoms with Crippen molar-refractivity contribution in [1.29, 1.82) is 10.5 Å². The summed E-state index contributed by atoms with van der Waals surface area (Å²) in [6.45, 7) is -0.393. The molecule has 0 fully saturated rings. The first kappa shape index (κ1) is 10.9. The molecule has 0 unspecified atom stereocenters. The summed E-state index contributed by atoms with van der Waals surface area (Å²) in [4.78, 5) is 0. The lowest BCUT2D eigenvalue weighted by Crippen LogP contribution is -2.32. The first-order chi connectivity index (χ1) is 5.68. The Morgan fingerprint density at radius 3 is 1.75 bits per heavy atom. The van der Waals surface area contributed by atoms with Crippen molar-refractivity contribution >= 4 is 0 Å². The molecule has 0 bridgehead atoms. The number of hydrogen-bond acceptors (Lipinski definition) is 4. The van der Waals surface area contributed by atoms with Gasteiger partial charge in [-0.3, -0.25) is 0 Å². The lowest BCUT2D eigenvalue weighted by Gasteiger charge is -2.23. The Balaban J connectivity index is 3.90. The molecule has 2 N–H and O–H groups in total. The summed E-state index contributed by atoms with van der Waals surface area (Å²) in [5.41, 5.74) is -1.24. The molecule has 0 aromatic rings. The van der Waals surface area contributed by atoms with E-state index in [1.54, 1.807) is 0 Å². The van der Waals surface area contributed by atoms with Gasteiger partial charge in [-0.1, -0.05) is 0 Å². The van der Waals surface area contributed by atoms with E-state index in [0.717, 1.165) is 0 Å². The van der Waals surface area contributed by atoms with E-state index in [2.05, 4.69) is 0 Å². The highest BCUT2D eigenvalue weighted by Crippen LogP contribution is 2.17. The molecule has 0 aromatic carbocycles. The van der Waals surface area contributed by atoms with Crippen LogP contribution in [0.5, 0.6) is 0 Å². The molecule has 0 aliphatic carbocycles. The summed E-state index contributed by atoms with van der Waals surface area (Å²) < 4.78 is 0. The molecule has 0 atom stereocenters. The minimum Gasteiger partial charge on any atom is -0.393 e. The topological polar surface area (TPSA) is 88.0 Å². The Kier molecular flexibility index (Phi) is 5.03. The van der Waals surface area contributed by atoms with Crippen LogP contribution in [0.2, 0.25) is 0 Å². The van der Waals surface area contributed by atoms with Gasteiger partial charge >= 0.3 is 0 Å².